The van der Waals surface area contributed by atoms with Gasteiger partial charge in [0.25, 0.3) is 0 Å². The Morgan fingerprint density at radius 1 is 0.657 bits per heavy atom. The molecule has 4 heteroatoms. The van der Waals surface area contributed by atoms with Gasteiger partial charge in [-0.1, -0.05) is 70.2 Å². The highest BCUT2D eigenvalue weighted by Gasteiger charge is 2.52. The van der Waals surface area contributed by atoms with Crippen LogP contribution in [-0.4, -0.2) is 18.3 Å². The summed E-state index contributed by atoms with van der Waals surface area (Å²) >= 11 is 0. The lowest BCUT2D eigenvalue weighted by Gasteiger charge is -2.32. The molecule has 0 unspecified atom stereocenters. The lowest BCUT2D eigenvalue weighted by Crippen LogP contribution is -2.41. The third-order valence-electron chi connectivity index (χ3n) is 8.73. The molecule has 3 nitrogen and oxygen atoms in total. The van der Waals surface area contributed by atoms with Crippen LogP contribution in [0.15, 0.2) is 59.0 Å². The summed E-state index contributed by atoms with van der Waals surface area (Å²) in [5.41, 5.74) is 7.70. The normalized spacial score (nSPS) is 21.7. The molecular formula is C31H35BO3. The van der Waals surface area contributed by atoms with Crippen LogP contribution in [0.5, 0.6) is 0 Å². The molecule has 2 aliphatic rings. The van der Waals surface area contributed by atoms with Crippen molar-refractivity contribution in [2.24, 2.45) is 0 Å². The lowest BCUT2D eigenvalue weighted by molar-refractivity contribution is 0.00578. The van der Waals surface area contributed by atoms with E-state index < -0.39 is 18.3 Å². The minimum absolute atomic E-state index is 0.180. The van der Waals surface area contributed by atoms with E-state index in [1.165, 1.54) is 28.7 Å². The van der Waals surface area contributed by atoms with E-state index in [0.29, 0.717) is 0 Å². The molecule has 0 radical (unpaired) electrons. The van der Waals surface area contributed by atoms with Crippen LogP contribution in [0.25, 0.3) is 33.1 Å². The summed E-state index contributed by atoms with van der Waals surface area (Å²) in [5.74, 6) is 0. The zero-order valence-electron chi connectivity index (χ0n) is 22.2. The molecule has 0 bridgehead atoms. The molecule has 3 aromatic carbocycles. The highest BCUT2D eigenvalue weighted by atomic mass is 16.7. The van der Waals surface area contributed by atoms with Gasteiger partial charge in [-0.3, -0.25) is 0 Å². The van der Waals surface area contributed by atoms with E-state index in [9.17, 15) is 0 Å². The predicted molar refractivity (Wildman–Crippen MR) is 146 cm³/mol. The Morgan fingerprint density at radius 2 is 1.29 bits per heavy atom. The van der Waals surface area contributed by atoms with Crippen LogP contribution in [0.4, 0.5) is 0 Å². The van der Waals surface area contributed by atoms with Crippen molar-refractivity contribution in [2.75, 3.05) is 0 Å². The second-order valence-electron chi connectivity index (χ2n) is 12.8. The molecule has 0 atom stereocenters. The van der Waals surface area contributed by atoms with E-state index >= 15 is 0 Å². The third-order valence-corrected chi connectivity index (χ3v) is 8.73. The van der Waals surface area contributed by atoms with Gasteiger partial charge in [-0.25, -0.2) is 0 Å². The molecule has 0 saturated carbocycles. The Balaban J connectivity index is 1.46. The van der Waals surface area contributed by atoms with Crippen molar-refractivity contribution in [3.8, 4) is 11.1 Å². The van der Waals surface area contributed by atoms with E-state index in [-0.39, 0.29) is 10.8 Å². The number of hydrogen-bond acceptors (Lipinski definition) is 3. The zero-order chi connectivity index (χ0) is 25.0. The van der Waals surface area contributed by atoms with Gasteiger partial charge in [0.1, 0.15) is 11.2 Å². The van der Waals surface area contributed by atoms with Crippen molar-refractivity contribution in [3.63, 3.8) is 0 Å². The number of rotatable bonds is 2. The number of hydrogen-bond donors (Lipinski definition) is 0. The van der Waals surface area contributed by atoms with Crippen LogP contribution in [0, 0.1) is 0 Å². The summed E-state index contributed by atoms with van der Waals surface area (Å²) in [4.78, 5) is 0. The van der Waals surface area contributed by atoms with Crippen LogP contribution in [-0.2, 0) is 20.1 Å². The minimum atomic E-state index is -0.453. The maximum absolute atomic E-state index is 6.40. The Morgan fingerprint density at radius 3 is 2.00 bits per heavy atom. The van der Waals surface area contributed by atoms with Crippen LogP contribution in [0.2, 0.25) is 0 Å². The van der Waals surface area contributed by atoms with Crippen LogP contribution >= 0.6 is 0 Å². The SMILES string of the molecule is CC1(C)CC(C)(C)c2cc(-c3ccc4oc5c(B6OC(C)(C)C(C)(C)O6)cccc5c4c3)ccc21. The van der Waals surface area contributed by atoms with Gasteiger partial charge in [0.2, 0.25) is 0 Å². The number of furan rings is 1. The summed E-state index contributed by atoms with van der Waals surface area (Å²) in [6.45, 7) is 17.8. The maximum atomic E-state index is 6.40. The molecule has 1 aromatic heterocycles. The first-order valence-corrected chi connectivity index (χ1v) is 12.8. The second-order valence-corrected chi connectivity index (χ2v) is 12.8. The van der Waals surface area contributed by atoms with Crippen molar-refractivity contribution >= 4 is 34.5 Å². The van der Waals surface area contributed by atoms with Crippen molar-refractivity contribution < 1.29 is 13.7 Å². The molecule has 1 saturated heterocycles. The Kier molecular flexibility index (Phi) is 4.59. The molecule has 180 valence electrons. The summed E-state index contributed by atoms with van der Waals surface area (Å²) in [5, 5.41) is 2.22. The average molecular weight is 466 g/mol. The first kappa shape index (κ1) is 22.9. The highest BCUT2D eigenvalue weighted by molar-refractivity contribution is 6.65. The maximum Gasteiger partial charge on any atom is 0.498 e. The van der Waals surface area contributed by atoms with Crippen LogP contribution < -0.4 is 5.46 Å². The van der Waals surface area contributed by atoms with Crippen LogP contribution in [0.3, 0.4) is 0 Å². The van der Waals surface area contributed by atoms with Crippen molar-refractivity contribution in [1.29, 1.82) is 0 Å². The first-order chi connectivity index (χ1) is 16.3. The van der Waals surface area contributed by atoms with E-state index in [2.05, 4.69) is 110 Å². The van der Waals surface area contributed by atoms with Gasteiger partial charge in [0, 0.05) is 16.2 Å². The first-order valence-electron chi connectivity index (χ1n) is 12.8. The molecule has 6 rings (SSSR count). The summed E-state index contributed by atoms with van der Waals surface area (Å²) in [6.07, 6.45) is 1.17. The summed E-state index contributed by atoms with van der Waals surface area (Å²) < 4.78 is 19.1. The van der Waals surface area contributed by atoms with Crippen LogP contribution in [0.1, 0.15) is 72.9 Å². The van der Waals surface area contributed by atoms with Gasteiger partial charge in [-0.2, -0.15) is 0 Å². The fourth-order valence-corrected chi connectivity index (χ4v) is 6.32. The Bertz CT molecular complexity index is 1470. The van der Waals surface area contributed by atoms with E-state index in [1.807, 2.05) is 0 Å². The van der Waals surface area contributed by atoms with E-state index in [4.69, 9.17) is 13.7 Å². The summed E-state index contributed by atoms with van der Waals surface area (Å²) in [7, 11) is -0.453. The fourth-order valence-electron chi connectivity index (χ4n) is 6.32. The molecule has 1 aliphatic heterocycles. The third kappa shape index (κ3) is 3.33. The molecule has 2 heterocycles. The standard InChI is InChI=1S/C31H35BO3/c1-28(2)18-29(3,4)24-17-20(12-14-23(24)28)19-13-15-26-22(16-19)21-10-9-11-25(27(21)33-26)32-34-30(5,6)31(7,8)35-32/h9-17H,18H2,1-8H3. The van der Waals surface area contributed by atoms with Crippen molar-refractivity contribution in [3.05, 3.63) is 65.7 Å². The molecule has 1 fully saturated rings. The molecule has 0 N–H and O–H groups in total. The molecule has 0 amide bonds. The van der Waals surface area contributed by atoms with Crippen molar-refractivity contribution in [1.82, 2.24) is 0 Å². The monoisotopic (exact) mass is 466 g/mol. The predicted octanol–water partition coefficient (Wildman–Crippen LogP) is 7.51. The second kappa shape index (κ2) is 7.02. The highest BCUT2D eigenvalue weighted by Crippen LogP contribution is 2.50. The average Bonchev–Trinajstić information content (AvgIpc) is 3.31. The Hall–Kier alpha value is -2.56. The van der Waals surface area contributed by atoms with Gasteiger partial charge in [0.05, 0.1) is 11.2 Å². The molecule has 0 spiro atoms. The number of benzene rings is 3. The van der Waals surface area contributed by atoms with Gasteiger partial charge in [0.15, 0.2) is 0 Å². The molecule has 4 aromatic rings. The van der Waals surface area contributed by atoms with E-state index in [1.54, 1.807) is 0 Å². The smallest absolute Gasteiger partial charge is 0.456 e. The Labute approximate surface area is 208 Å². The van der Waals surface area contributed by atoms with Gasteiger partial charge < -0.3 is 13.7 Å². The topological polar surface area (TPSA) is 31.6 Å². The minimum Gasteiger partial charge on any atom is -0.456 e. The van der Waals surface area contributed by atoms with E-state index in [0.717, 1.165) is 27.4 Å². The summed E-state index contributed by atoms with van der Waals surface area (Å²) in [6, 6.07) is 19.8. The molecule has 35 heavy (non-hydrogen) atoms. The largest absolute Gasteiger partial charge is 0.498 e. The quantitative estimate of drug-likeness (QED) is 0.287. The number of fused-ring (bicyclic) bond motifs is 4. The lowest BCUT2D eigenvalue weighted by atomic mass is 9.78. The molecule has 1 aliphatic carbocycles. The zero-order valence-corrected chi connectivity index (χ0v) is 22.2. The molecular weight excluding hydrogens is 431 g/mol. The van der Waals surface area contributed by atoms with Gasteiger partial charge in [-0.05, 0) is 79.3 Å². The fraction of sp³-hybridized carbons (Fsp3) is 0.419. The van der Waals surface area contributed by atoms with Gasteiger partial charge >= 0.3 is 7.12 Å². The number of para-hydroxylation sites is 1. The van der Waals surface area contributed by atoms with Crippen molar-refractivity contribution in [2.45, 2.75) is 83.8 Å². The van der Waals surface area contributed by atoms with Gasteiger partial charge in [-0.15, -0.1) is 0 Å².